The van der Waals surface area contributed by atoms with Gasteiger partial charge in [0.25, 0.3) is 0 Å². The average Bonchev–Trinajstić information content (AvgIpc) is 2.85. The molecule has 90 valence electrons. The topological polar surface area (TPSA) is 9.23 Å². The van der Waals surface area contributed by atoms with Crippen LogP contribution in [0.25, 0.3) is 6.08 Å². The van der Waals surface area contributed by atoms with Crippen molar-refractivity contribution < 1.29 is 4.74 Å². The van der Waals surface area contributed by atoms with Crippen LogP contribution in [-0.2, 0) is 4.74 Å². The molecule has 2 unspecified atom stereocenters. The second kappa shape index (κ2) is 4.79. The van der Waals surface area contributed by atoms with Crippen LogP contribution in [0.3, 0.4) is 0 Å². The first-order valence-corrected chi connectivity index (χ1v) is 6.25. The molecule has 0 saturated heterocycles. The predicted octanol–water partition coefficient (Wildman–Crippen LogP) is 4.18. The third kappa shape index (κ3) is 1.87. The van der Waals surface area contributed by atoms with E-state index in [1.165, 1.54) is 16.7 Å². The molecule has 0 bridgehead atoms. The van der Waals surface area contributed by atoms with E-state index in [1.807, 2.05) is 6.07 Å². The molecule has 1 heteroatoms. The molecule has 0 fully saturated rings. The lowest BCUT2D eigenvalue weighted by molar-refractivity contribution is 0.0918. The highest BCUT2D eigenvalue weighted by Gasteiger charge is 2.26. The van der Waals surface area contributed by atoms with E-state index in [4.69, 9.17) is 4.74 Å². The standard InChI is InChI=1S/C17H16O/c1-18-17(14-8-3-2-4-9-14)16-12-11-13-7-5-6-10-15(13)16/h2-12,16-17H,1H3. The molecule has 1 aliphatic carbocycles. The Morgan fingerprint density at radius 2 is 1.67 bits per heavy atom. The number of hydrogen-bond acceptors (Lipinski definition) is 1. The predicted molar refractivity (Wildman–Crippen MR) is 74.4 cm³/mol. The normalized spacial score (nSPS) is 18.6. The summed E-state index contributed by atoms with van der Waals surface area (Å²) in [7, 11) is 1.78. The minimum atomic E-state index is 0.0890. The number of rotatable bonds is 3. The van der Waals surface area contributed by atoms with E-state index in [0.29, 0.717) is 5.92 Å². The van der Waals surface area contributed by atoms with Gasteiger partial charge in [0.2, 0.25) is 0 Å². The van der Waals surface area contributed by atoms with Crippen LogP contribution >= 0.6 is 0 Å². The summed E-state index contributed by atoms with van der Waals surface area (Å²) in [5, 5.41) is 0. The molecule has 0 N–H and O–H groups in total. The van der Waals surface area contributed by atoms with E-state index in [1.54, 1.807) is 7.11 Å². The summed E-state index contributed by atoms with van der Waals surface area (Å²) in [5.41, 5.74) is 3.89. The van der Waals surface area contributed by atoms with Gasteiger partial charge in [-0.25, -0.2) is 0 Å². The van der Waals surface area contributed by atoms with E-state index in [0.717, 1.165) is 0 Å². The van der Waals surface area contributed by atoms with Crippen molar-refractivity contribution in [2.45, 2.75) is 12.0 Å². The Morgan fingerprint density at radius 1 is 0.944 bits per heavy atom. The molecule has 3 rings (SSSR count). The fraction of sp³-hybridized carbons (Fsp3) is 0.176. The Morgan fingerprint density at radius 3 is 2.44 bits per heavy atom. The maximum atomic E-state index is 5.73. The van der Waals surface area contributed by atoms with Crippen LogP contribution in [0.5, 0.6) is 0 Å². The number of hydrogen-bond donors (Lipinski definition) is 0. The number of ether oxygens (including phenoxy) is 1. The number of benzene rings is 2. The van der Waals surface area contributed by atoms with Gasteiger partial charge in [0.1, 0.15) is 0 Å². The molecule has 2 aromatic carbocycles. The number of methoxy groups -OCH3 is 1. The van der Waals surface area contributed by atoms with Gasteiger partial charge in [-0.3, -0.25) is 0 Å². The van der Waals surface area contributed by atoms with Crippen molar-refractivity contribution in [3.05, 3.63) is 77.4 Å². The Bertz CT molecular complexity index is 557. The maximum absolute atomic E-state index is 5.73. The van der Waals surface area contributed by atoms with Crippen molar-refractivity contribution in [3.8, 4) is 0 Å². The van der Waals surface area contributed by atoms with Crippen LogP contribution in [-0.4, -0.2) is 7.11 Å². The highest BCUT2D eigenvalue weighted by molar-refractivity contribution is 5.63. The van der Waals surface area contributed by atoms with Gasteiger partial charge in [-0.2, -0.15) is 0 Å². The first-order chi connectivity index (χ1) is 8.90. The van der Waals surface area contributed by atoms with Crippen molar-refractivity contribution in [2.24, 2.45) is 0 Å². The van der Waals surface area contributed by atoms with Crippen LogP contribution < -0.4 is 0 Å². The third-order valence-corrected chi connectivity index (χ3v) is 3.55. The first-order valence-electron chi connectivity index (χ1n) is 6.25. The summed E-state index contributed by atoms with van der Waals surface area (Å²) < 4.78 is 5.73. The summed E-state index contributed by atoms with van der Waals surface area (Å²) in [4.78, 5) is 0. The van der Waals surface area contributed by atoms with Crippen molar-refractivity contribution in [3.63, 3.8) is 0 Å². The van der Waals surface area contributed by atoms with E-state index in [2.05, 4.69) is 60.7 Å². The van der Waals surface area contributed by atoms with Crippen molar-refractivity contribution >= 4 is 6.08 Å². The van der Waals surface area contributed by atoms with Gasteiger partial charge in [-0.1, -0.05) is 66.7 Å². The molecule has 1 nitrogen and oxygen atoms in total. The van der Waals surface area contributed by atoms with Crippen LogP contribution in [0, 0.1) is 0 Å². The Balaban J connectivity index is 1.98. The fourth-order valence-corrected chi connectivity index (χ4v) is 2.67. The molecule has 2 atom stereocenters. The first kappa shape index (κ1) is 11.2. The van der Waals surface area contributed by atoms with Gasteiger partial charge in [0.05, 0.1) is 6.10 Å². The van der Waals surface area contributed by atoms with Crippen LogP contribution in [0.4, 0.5) is 0 Å². The van der Waals surface area contributed by atoms with Gasteiger partial charge in [0, 0.05) is 13.0 Å². The highest BCUT2D eigenvalue weighted by Crippen LogP contribution is 2.40. The molecule has 0 saturated carbocycles. The zero-order chi connectivity index (χ0) is 12.4. The minimum absolute atomic E-state index is 0.0890. The van der Waals surface area contributed by atoms with Gasteiger partial charge in [-0.05, 0) is 16.7 Å². The second-order valence-electron chi connectivity index (χ2n) is 4.58. The quantitative estimate of drug-likeness (QED) is 0.776. The third-order valence-electron chi connectivity index (χ3n) is 3.55. The molecule has 0 aliphatic heterocycles. The van der Waals surface area contributed by atoms with Crippen molar-refractivity contribution in [2.75, 3.05) is 7.11 Å². The molecule has 0 spiro atoms. The summed E-state index contributed by atoms with van der Waals surface area (Å²) in [6.45, 7) is 0. The average molecular weight is 236 g/mol. The fourth-order valence-electron chi connectivity index (χ4n) is 2.67. The van der Waals surface area contributed by atoms with Crippen molar-refractivity contribution in [1.82, 2.24) is 0 Å². The lowest BCUT2D eigenvalue weighted by atomic mass is 9.91. The molecule has 18 heavy (non-hydrogen) atoms. The van der Waals surface area contributed by atoms with E-state index in [-0.39, 0.29) is 6.10 Å². The van der Waals surface area contributed by atoms with Crippen molar-refractivity contribution in [1.29, 1.82) is 0 Å². The SMILES string of the molecule is COC(c1ccccc1)C1C=Cc2ccccc21. The zero-order valence-electron chi connectivity index (χ0n) is 10.4. The summed E-state index contributed by atoms with van der Waals surface area (Å²) >= 11 is 0. The van der Waals surface area contributed by atoms with Crippen LogP contribution in [0.15, 0.2) is 60.7 Å². The minimum Gasteiger partial charge on any atom is -0.376 e. The van der Waals surface area contributed by atoms with Gasteiger partial charge >= 0.3 is 0 Å². The number of fused-ring (bicyclic) bond motifs is 1. The van der Waals surface area contributed by atoms with Crippen LogP contribution in [0.2, 0.25) is 0 Å². The molecule has 0 heterocycles. The summed E-state index contributed by atoms with van der Waals surface area (Å²) in [6.07, 6.45) is 4.52. The van der Waals surface area contributed by atoms with Gasteiger partial charge in [-0.15, -0.1) is 0 Å². The molecule has 0 aromatic heterocycles. The molecule has 0 amide bonds. The smallest absolute Gasteiger partial charge is 0.0924 e. The summed E-state index contributed by atoms with van der Waals surface area (Å²) in [5.74, 6) is 0.314. The molecular formula is C17H16O. The monoisotopic (exact) mass is 236 g/mol. The van der Waals surface area contributed by atoms with Crippen LogP contribution in [0.1, 0.15) is 28.7 Å². The summed E-state index contributed by atoms with van der Waals surface area (Å²) in [6, 6.07) is 18.9. The zero-order valence-corrected chi connectivity index (χ0v) is 10.4. The molecule has 2 aromatic rings. The maximum Gasteiger partial charge on any atom is 0.0924 e. The lowest BCUT2D eigenvalue weighted by Crippen LogP contribution is -2.10. The highest BCUT2D eigenvalue weighted by atomic mass is 16.5. The molecular weight excluding hydrogens is 220 g/mol. The Hall–Kier alpha value is -1.86. The lowest BCUT2D eigenvalue weighted by Gasteiger charge is -2.22. The Kier molecular flexibility index (Phi) is 2.99. The molecule has 1 aliphatic rings. The Labute approximate surface area is 108 Å². The van der Waals surface area contributed by atoms with E-state index < -0.39 is 0 Å². The largest absolute Gasteiger partial charge is 0.376 e. The van der Waals surface area contributed by atoms with Gasteiger partial charge in [0.15, 0.2) is 0 Å². The second-order valence-corrected chi connectivity index (χ2v) is 4.58. The van der Waals surface area contributed by atoms with E-state index in [9.17, 15) is 0 Å². The van der Waals surface area contributed by atoms with E-state index >= 15 is 0 Å². The van der Waals surface area contributed by atoms with Gasteiger partial charge < -0.3 is 4.74 Å². The molecule has 0 radical (unpaired) electrons.